The molecule has 2 aromatic heterocycles. The Labute approximate surface area is 146 Å². The Morgan fingerprint density at radius 1 is 1.32 bits per heavy atom. The number of likely N-dealkylation sites (tertiary alicyclic amines) is 1. The molecule has 25 heavy (non-hydrogen) atoms. The molecule has 7 heteroatoms. The first-order valence-corrected chi connectivity index (χ1v) is 8.82. The maximum absolute atomic E-state index is 14.4. The van der Waals surface area contributed by atoms with E-state index in [0.29, 0.717) is 12.0 Å². The van der Waals surface area contributed by atoms with Crippen LogP contribution in [0.2, 0.25) is 0 Å². The Morgan fingerprint density at radius 2 is 2.12 bits per heavy atom. The topological polar surface area (TPSA) is 73.9 Å². The Balaban J connectivity index is 1.52. The molecule has 0 radical (unpaired) electrons. The molecule has 1 fully saturated rings. The van der Waals surface area contributed by atoms with Gasteiger partial charge in [-0.3, -0.25) is 14.9 Å². The van der Waals surface area contributed by atoms with Gasteiger partial charge in [0, 0.05) is 23.9 Å². The van der Waals surface area contributed by atoms with Gasteiger partial charge in [-0.2, -0.15) is 5.10 Å². The lowest BCUT2D eigenvalue weighted by atomic mass is 10.1. The van der Waals surface area contributed by atoms with Crippen molar-refractivity contribution in [1.82, 2.24) is 20.1 Å². The van der Waals surface area contributed by atoms with Crippen molar-refractivity contribution in [2.24, 2.45) is 0 Å². The number of carbonyl (C=O) groups excluding carboxylic acids is 1. The number of nitrogens with one attached hydrogen (secondary N) is 2. The van der Waals surface area contributed by atoms with Crippen molar-refractivity contribution in [3.05, 3.63) is 29.8 Å². The van der Waals surface area contributed by atoms with Crippen LogP contribution >= 0.6 is 0 Å². The molecule has 3 heterocycles. The van der Waals surface area contributed by atoms with Crippen molar-refractivity contribution in [3.8, 4) is 11.3 Å². The van der Waals surface area contributed by atoms with Crippen LogP contribution in [-0.2, 0) is 4.79 Å². The van der Waals surface area contributed by atoms with Crippen molar-refractivity contribution >= 4 is 11.7 Å². The monoisotopic (exact) mass is 345 g/mol. The van der Waals surface area contributed by atoms with E-state index in [-0.39, 0.29) is 17.4 Å². The number of nitrogens with zero attached hydrogens (tertiary/aromatic N) is 3. The summed E-state index contributed by atoms with van der Waals surface area (Å²) in [6.45, 7) is 5.01. The minimum atomic E-state index is -0.560. The van der Waals surface area contributed by atoms with E-state index >= 15 is 0 Å². The fraction of sp³-hybridized carbons (Fsp3) is 0.500. The van der Waals surface area contributed by atoms with E-state index in [4.69, 9.17) is 0 Å². The first-order chi connectivity index (χ1) is 12.1. The molecule has 1 aliphatic heterocycles. The second-order valence-electron chi connectivity index (χ2n) is 6.50. The predicted octanol–water partition coefficient (Wildman–Crippen LogP) is 3.12. The van der Waals surface area contributed by atoms with E-state index in [1.54, 1.807) is 18.3 Å². The van der Waals surface area contributed by atoms with Crippen LogP contribution in [0.5, 0.6) is 0 Å². The lowest BCUT2D eigenvalue weighted by molar-refractivity contribution is -0.116. The summed E-state index contributed by atoms with van der Waals surface area (Å²) in [5.41, 5.74) is 1.68. The summed E-state index contributed by atoms with van der Waals surface area (Å²) in [7, 11) is 0. The quantitative estimate of drug-likeness (QED) is 0.843. The molecule has 1 saturated heterocycles. The molecule has 0 aromatic carbocycles. The van der Waals surface area contributed by atoms with Crippen molar-refractivity contribution in [2.45, 2.75) is 39.0 Å². The maximum atomic E-state index is 14.4. The van der Waals surface area contributed by atoms with Crippen LogP contribution in [0.1, 0.15) is 37.8 Å². The molecule has 0 atom stereocenters. The Kier molecular flexibility index (Phi) is 5.75. The van der Waals surface area contributed by atoms with Gasteiger partial charge >= 0.3 is 0 Å². The van der Waals surface area contributed by atoms with E-state index in [9.17, 15) is 9.18 Å². The zero-order valence-electron chi connectivity index (χ0n) is 14.5. The Morgan fingerprint density at radius 3 is 2.84 bits per heavy atom. The third kappa shape index (κ3) is 4.63. The van der Waals surface area contributed by atoms with E-state index < -0.39 is 5.82 Å². The molecular weight excluding hydrogens is 321 g/mol. The fourth-order valence-corrected chi connectivity index (χ4v) is 3.06. The molecule has 134 valence electrons. The van der Waals surface area contributed by atoms with E-state index in [2.05, 4.69) is 25.4 Å². The van der Waals surface area contributed by atoms with Gasteiger partial charge in [-0.15, -0.1) is 0 Å². The molecule has 1 aliphatic rings. The Hall–Kier alpha value is -2.28. The molecule has 6 nitrogen and oxygen atoms in total. The second kappa shape index (κ2) is 8.20. The van der Waals surface area contributed by atoms with Gasteiger partial charge in [0.25, 0.3) is 0 Å². The minimum Gasteiger partial charge on any atom is -0.307 e. The number of aromatic nitrogens is 3. The number of piperidine rings is 1. The predicted molar refractivity (Wildman–Crippen MR) is 94.7 cm³/mol. The average Bonchev–Trinajstić information content (AvgIpc) is 2.97. The number of pyridine rings is 1. The highest BCUT2D eigenvalue weighted by Crippen LogP contribution is 2.24. The zero-order chi connectivity index (χ0) is 17.6. The number of hydrogen-bond donors (Lipinski definition) is 2. The number of H-pyrrole nitrogens is 1. The number of carbonyl (C=O) groups is 1. The van der Waals surface area contributed by atoms with Crippen molar-refractivity contribution in [1.29, 1.82) is 0 Å². The van der Waals surface area contributed by atoms with Crippen LogP contribution in [0, 0.1) is 12.7 Å². The number of aromatic amines is 1. The van der Waals surface area contributed by atoms with Crippen LogP contribution in [0.4, 0.5) is 10.2 Å². The molecule has 2 aromatic rings. The number of aryl methyl sites for hydroxylation is 1. The highest BCUT2D eigenvalue weighted by Gasteiger charge is 2.17. The van der Waals surface area contributed by atoms with Crippen LogP contribution in [0.3, 0.4) is 0 Å². The van der Waals surface area contributed by atoms with Gasteiger partial charge < -0.3 is 10.2 Å². The highest BCUT2D eigenvalue weighted by molar-refractivity contribution is 5.90. The summed E-state index contributed by atoms with van der Waals surface area (Å²) in [5, 5.41) is 9.07. The summed E-state index contributed by atoms with van der Waals surface area (Å²) in [5.74, 6) is -0.829. The second-order valence-corrected chi connectivity index (χ2v) is 6.50. The van der Waals surface area contributed by atoms with Crippen LogP contribution in [-0.4, -0.2) is 45.6 Å². The third-order valence-corrected chi connectivity index (χ3v) is 4.49. The molecule has 3 rings (SSSR count). The first-order valence-electron chi connectivity index (χ1n) is 8.82. The molecule has 2 N–H and O–H groups in total. The van der Waals surface area contributed by atoms with Gasteiger partial charge in [-0.1, -0.05) is 6.42 Å². The summed E-state index contributed by atoms with van der Waals surface area (Å²) in [6.07, 6.45) is 6.49. The summed E-state index contributed by atoms with van der Waals surface area (Å²) < 4.78 is 14.4. The van der Waals surface area contributed by atoms with Crippen LogP contribution < -0.4 is 5.32 Å². The summed E-state index contributed by atoms with van der Waals surface area (Å²) >= 11 is 0. The average molecular weight is 345 g/mol. The lowest BCUT2D eigenvalue weighted by Crippen LogP contribution is -2.31. The van der Waals surface area contributed by atoms with Gasteiger partial charge in [0.1, 0.15) is 5.69 Å². The third-order valence-electron chi connectivity index (χ3n) is 4.49. The highest BCUT2D eigenvalue weighted by atomic mass is 19.1. The lowest BCUT2D eigenvalue weighted by Gasteiger charge is -2.26. The van der Waals surface area contributed by atoms with Gasteiger partial charge in [0.05, 0.1) is 0 Å². The van der Waals surface area contributed by atoms with Crippen molar-refractivity contribution in [2.75, 3.05) is 25.0 Å². The van der Waals surface area contributed by atoms with Crippen LogP contribution in [0.15, 0.2) is 18.3 Å². The molecule has 0 bridgehead atoms. The van der Waals surface area contributed by atoms with E-state index in [0.717, 1.165) is 31.7 Å². The Bertz CT molecular complexity index is 707. The molecule has 1 amide bonds. The normalized spacial score (nSPS) is 15.3. The summed E-state index contributed by atoms with van der Waals surface area (Å²) in [4.78, 5) is 18.6. The number of hydrogen-bond acceptors (Lipinski definition) is 4. The van der Waals surface area contributed by atoms with Crippen LogP contribution in [0.25, 0.3) is 11.3 Å². The SMILES string of the molecule is Cc1ccc(-c2[nH]nc(NC(=O)CCCN3CCCCC3)c2F)cn1. The summed E-state index contributed by atoms with van der Waals surface area (Å²) in [6, 6.07) is 3.57. The fourth-order valence-electron chi connectivity index (χ4n) is 3.06. The smallest absolute Gasteiger partial charge is 0.225 e. The molecule has 0 aliphatic carbocycles. The molecule has 0 saturated carbocycles. The van der Waals surface area contributed by atoms with Gasteiger partial charge in [-0.25, -0.2) is 4.39 Å². The van der Waals surface area contributed by atoms with Gasteiger partial charge in [-0.05, 0) is 58.0 Å². The van der Waals surface area contributed by atoms with E-state index in [1.807, 2.05) is 6.92 Å². The van der Waals surface area contributed by atoms with Gasteiger partial charge in [0.2, 0.25) is 5.91 Å². The van der Waals surface area contributed by atoms with Crippen molar-refractivity contribution < 1.29 is 9.18 Å². The maximum Gasteiger partial charge on any atom is 0.225 e. The molecule has 0 spiro atoms. The first kappa shape index (κ1) is 17.5. The number of halogens is 1. The van der Waals surface area contributed by atoms with Gasteiger partial charge in [0.15, 0.2) is 11.6 Å². The van der Waals surface area contributed by atoms with Crippen molar-refractivity contribution in [3.63, 3.8) is 0 Å². The molecule has 0 unspecified atom stereocenters. The minimum absolute atomic E-state index is 0.0569. The van der Waals surface area contributed by atoms with E-state index in [1.165, 1.54) is 19.3 Å². The standard InChI is InChI=1S/C18H24FN5O/c1-13-7-8-14(12-20-13)17-16(19)18(23-22-17)21-15(25)6-5-11-24-9-3-2-4-10-24/h7-8,12H,2-6,9-11H2,1H3,(H2,21,22,23,25). The number of amides is 1. The largest absolute Gasteiger partial charge is 0.307 e. The number of rotatable bonds is 6. The molecular formula is C18H24FN5O. The number of anilines is 1. The zero-order valence-corrected chi connectivity index (χ0v) is 14.5.